The first-order valence-corrected chi connectivity index (χ1v) is 7.37. The van der Waals surface area contributed by atoms with Gasteiger partial charge in [0.15, 0.2) is 0 Å². The van der Waals surface area contributed by atoms with E-state index in [9.17, 15) is 9.59 Å². The molecule has 0 amide bonds. The maximum Gasteiger partial charge on any atom is 0.306 e. The normalized spacial score (nSPS) is 33.7. The lowest BCUT2D eigenvalue weighted by Gasteiger charge is -2.22. The highest BCUT2D eigenvalue weighted by molar-refractivity contribution is 5.70. The quantitative estimate of drug-likeness (QED) is 0.603. The molecule has 0 heterocycles. The summed E-state index contributed by atoms with van der Waals surface area (Å²) in [4.78, 5) is 20.9. The number of rotatable bonds is 2. The van der Waals surface area contributed by atoms with Crippen LogP contribution in [0, 0.1) is 11.8 Å². The molecule has 6 nitrogen and oxygen atoms in total. The number of hydrogen-bond donors (Lipinski definition) is 4. The number of nitrogens with two attached hydrogens (primary N) is 2. The lowest BCUT2D eigenvalue weighted by Crippen LogP contribution is -2.31. The third-order valence-corrected chi connectivity index (χ3v) is 4.13. The molecule has 2 saturated carbocycles. The smallest absolute Gasteiger partial charge is 0.306 e. The molecule has 6 heteroatoms. The van der Waals surface area contributed by atoms with Crippen LogP contribution in [-0.2, 0) is 9.59 Å². The lowest BCUT2D eigenvalue weighted by atomic mass is 9.86. The Morgan fingerprint density at radius 2 is 1.10 bits per heavy atom. The monoisotopic (exact) mass is 286 g/mol. The molecule has 2 aliphatic rings. The summed E-state index contributed by atoms with van der Waals surface area (Å²) in [5.41, 5.74) is 11.2. The highest BCUT2D eigenvalue weighted by atomic mass is 16.4. The zero-order valence-electron chi connectivity index (χ0n) is 11.8. The van der Waals surface area contributed by atoms with Crippen molar-refractivity contribution in [2.24, 2.45) is 23.3 Å². The Labute approximate surface area is 119 Å². The van der Waals surface area contributed by atoms with Gasteiger partial charge in [-0.15, -0.1) is 0 Å². The van der Waals surface area contributed by atoms with Crippen LogP contribution >= 0.6 is 0 Å². The second-order valence-corrected chi connectivity index (χ2v) is 5.92. The Balaban J connectivity index is 0.000000200. The maximum atomic E-state index is 10.4. The van der Waals surface area contributed by atoms with Gasteiger partial charge in [0.05, 0.1) is 11.8 Å². The zero-order valence-corrected chi connectivity index (χ0v) is 11.8. The average Bonchev–Trinajstić information content (AvgIpc) is 2.39. The lowest BCUT2D eigenvalue weighted by molar-refractivity contribution is -0.143. The van der Waals surface area contributed by atoms with Crippen molar-refractivity contribution in [2.75, 3.05) is 0 Å². The Hall–Kier alpha value is -1.14. The second-order valence-electron chi connectivity index (χ2n) is 5.92. The summed E-state index contributed by atoms with van der Waals surface area (Å²) in [5, 5.41) is 17.2. The highest BCUT2D eigenvalue weighted by Crippen LogP contribution is 2.23. The van der Waals surface area contributed by atoms with E-state index < -0.39 is 11.9 Å². The molecule has 0 aromatic carbocycles. The van der Waals surface area contributed by atoms with E-state index in [0.717, 1.165) is 38.5 Å². The molecule has 2 fully saturated rings. The number of aliphatic carboxylic acids is 2. The van der Waals surface area contributed by atoms with Crippen LogP contribution in [-0.4, -0.2) is 34.2 Å². The largest absolute Gasteiger partial charge is 0.481 e. The molecule has 4 unspecified atom stereocenters. The summed E-state index contributed by atoms with van der Waals surface area (Å²) < 4.78 is 0. The molecule has 4 atom stereocenters. The van der Waals surface area contributed by atoms with E-state index in [1.165, 1.54) is 0 Å². The minimum Gasteiger partial charge on any atom is -0.481 e. The molecule has 2 rings (SSSR count). The molecule has 116 valence electrons. The fourth-order valence-corrected chi connectivity index (χ4v) is 2.90. The summed E-state index contributed by atoms with van der Waals surface area (Å²) in [6.45, 7) is 0. The fraction of sp³-hybridized carbons (Fsp3) is 0.857. The molecule has 0 spiro atoms. The first kappa shape index (κ1) is 16.9. The van der Waals surface area contributed by atoms with Gasteiger partial charge in [-0.05, 0) is 38.5 Å². The third kappa shape index (κ3) is 5.88. The minimum atomic E-state index is -0.685. The summed E-state index contributed by atoms with van der Waals surface area (Å²) >= 11 is 0. The predicted octanol–water partition coefficient (Wildman–Crippen LogP) is 1.18. The fourth-order valence-electron chi connectivity index (χ4n) is 2.90. The number of carbonyl (C=O) groups is 2. The molecular formula is C14H26N2O4. The van der Waals surface area contributed by atoms with Gasteiger partial charge < -0.3 is 21.7 Å². The summed E-state index contributed by atoms with van der Waals surface area (Å²) in [6, 6.07) is 0.240. The van der Waals surface area contributed by atoms with Crippen LogP contribution in [0.1, 0.15) is 51.4 Å². The van der Waals surface area contributed by atoms with E-state index in [2.05, 4.69) is 0 Å². The van der Waals surface area contributed by atoms with Gasteiger partial charge in [0.25, 0.3) is 0 Å². The van der Waals surface area contributed by atoms with Crippen LogP contribution in [0.25, 0.3) is 0 Å². The van der Waals surface area contributed by atoms with Crippen LogP contribution < -0.4 is 11.5 Å². The Bertz CT molecular complexity index is 303. The summed E-state index contributed by atoms with van der Waals surface area (Å²) in [6.07, 6.45) is 6.86. The van der Waals surface area contributed by atoms with Crippen LogP contribution in [0.2, 0.25) is 0 Å². The Kier molecular flexibility index (Phi) is 6.95. The van der Waals surface area contributed by atoms with Gasteiger partial charge in [0.2, 0.25) is 0 Å². The van der Waals surface area contributed by atoms with Crippen molar-refractivity contribution in [3.63, 3.8) is 0 Å². The number of carboxylic acids is 2. The number of hydrogen-bond acceptors (Lipinski definition) is 4. The highest BCUT2D eigenvalue weighted by Gasteiger charge is 2.25. The number of carboxylic acid groups (broad SMARTS) is 2. The minimum absolute atomic E-state index is 0.120. The van der Waals surface area contributed by atoms with E-state index >= 15 is 0 Å². The van der Waals surface area contributed by atoms with Gasteiger partial charge >= 0.3 is 11.9 Å². The maximum absolute atomic E-state index is 10.4. The van der Waals surface area contributed by atoms with Crippen LogP contribution in [0.5, 0.6) is 0 Å². The van der Waals surface area contributed by atoms with E-state index in [1.807, 2.05) is 0 Å². The van der Waals surface area contributed by atoms with Gasteiger partial charge in [0, 0.05) is 12.1 Å². The van der Waals surface area contributed by atoms with Crippen molar-refractivity contribution in [3.05, 3.63) is 0 Å². The van der Waals surface area contributed by atoms with Crippen molar-refractivity contribution >= 4 is 11.9 Å². The van der Waals surface area contributed by atoms with Gasteiger partial charge in [-0.1, -0.05) is 12.8 Å². The summed E-state index contributed by atoms with van der Waals surface area (Å²) in [7, 11) is 0. The van der Waals surface area contributed by atoms with E-state index in [0.29, 0.717) is 12.8 Å². The van der Waals surface area contributed by atoms with Gasteiger partial charge in [-0.2, -0.15) is 0 Å². The molecule has 6 N–H and O–H groups in total. The van der Waals surface area contributed by atoms with Crippen LogP contribution in [0.4, 0.5) is 0 Å². The molecule has 0 radical (unpaired) electrons. The molecule has 0 aromatic heterocycles. The van der Waals surface area contributed by atoms with Gasteiger partial charge in [-0.3, -0.25) is 9.59 Å². The Morgan fingerprint density at radius 3 is 1.30 bits per heavy atom. The molecule has 0 bridgehead atoms. The molecule has 0 saturated heterocycles. The van der Waals surface area contributed by atoms with Gasteiger partial charge in [-0.25, -0.2) is 0 Å². The third-order valence-electron chi connectivity index (χ3n) is 4.13. The SMILES string of the molecule is NC1CCCC(C(=O)O)C1.NC1CCCC(C(=O)O)C1. The van der Waals surface area contributed by atoms with Crippen molar-refractivity contribution in [2.45, 2.75) is 63.5 Å². The zero-order chi connectivity index (χ0) is 15.1. The average molecular weight is 286 g/mol. The molecule has 20 heavy (non-hydrogen) atoms. The molecule has 0 aliphatic heterocycles. The first-order valence-electron chi connectivity index (χ1n) is 7.37. The van der Waals surface area contributed by atoms with Crippen molar-refractivity contribution in [1.29, 1.82) is 0 Å². The molecule has 0 aromatic rings. The van der Waals surface area contributed by atoms with Crippen LogP contribution in [0.3, 0.4) is 0 Å². The van der Waals surface area contributed by atoms with Crippen molar-refractivity contribution in [1.82, 2.24) is 0 Å². The Morgan fingerprint density at radius 1 is 0.750 bits per heavy atom. The topological polar surface area (TPSA) is 127 Å². The molecular weight excluding hydrogens is 260 g/mol. The van der Waals surface area contributed by atoms with E-state index in [-0.39, 0.29) is 23.9 Å². The van der Waals surface area contributed by atoms with E-state index in [4.69, 9.17) is 21.7 Å². The van der Waals surface area contributed by atoms with Crippen molar-refractivity contribution in [3.8, 4) is 0 Å². The van der Waals surface area contributed by atoms with Crippen LogP contribution in [0.15, 0.2) is 0 Å². The van der Waals surface area contributed by atoms with E-state index in [1.54, 1.807) is 0 Å². The second kappa shape index (κ2) is 8.21. The molecule has 2 aliphatic carbocycles. The first-order chi connectivity index (χ1) is 9.40. The summed E-state index contributed by atoms with van der Waals surface area (Å²) in [5.74, 6) is -1.72. The van der Waals surface area contributed by atoms with Crippen molar-refractivity contribution < 1.29 is 19.8 Å². The standard InChI is InChI=1S/2C7H13NO2/c2*8-6-3-1-2-5(4-6)7(9)10/h2*5-6H,1-4,8H2,(H,9,10). The van der Waals surface area contributed by atoms with Gasteiger partial charge in [0.1, 0.15) is 0 Å². The predicted molar refractivity (Wildman–Crippen MR) is 75.1 cm³/mol.